The molecule has 0 saturated heterocycles. The van der Waals surface area contributed by atoms with Gasteiger partial charge in [0.15, 0.2) is 0 Å². The number of hydrogen-bond acceptors (Lipinski definition) is 3. The average molecular weight is 141 g/mol. The Morgan fingerprint density at radius 3 is 2.50 bits per heavy atom. The number of ketones is 1. The Labute approximate surface area is 61.0 Å². The minimum atomic E-state index is -0.736. The summed E-state index contributed by atoms with van der Waals surface area (Å²) in [6.45, 7) is 3.65. The van der Waals surface area contributed by atoms with Gasteiger partial charge in [0.25, 0.3) is 0 Å². The van der Waals surface area contributed by atoms with E-state index in [2.05, 4.69) is 4.74 Å². The predicted molar refractivity (Wildman–Crippen MR) is 38.1 cm³/mol. The van der Waals surface area contributed by atoms with Crippen molar-refractivity contribution in [3.05, 3.63) is 0 Å². The van der Waals surface area contributed by atoms with E-state index in [1.54, 1.807) is 21.0 Å². The first-order valence-electron chi connectivity index (χ1n) is 3.20. The first kappa shape index (κ1) is 9.20. The lowest BCUT2D eigenvalue weighted by Gasteiger charge is -1.96. The van der Waals surface area contributed by atoms with Gasteiger partial charge in [-0.1, -0.05) is 6.82 Å². The monoisotopic (exact) mass is 141 g/mol. The quantitative estimate of drug-likeness (QED) is 0.321. The molecule has 0 bridgehead atoms. The van der Waals surface area contributed by atoms with Crippen LogP contribution in [0.1, 0.15) is 6.92 Å². The molecule has 0 rings (SSSR count). The fourth-order valence-electron chi connectivity index (χ4n) is 0.480. The number of carbonyl (C=O) groups is 2. The molecule has 4 heteroatoms. The van der Waals surface area contributed by atoms with Gasteiger partial charge in [-0.25, -0.2) is 4.79 Å². The summed E-state index contributed by atoms with van der Waals surface area (Å²) in [5, 5.41) is 0. The normalized spacial score (nSPS) is 8.60. The van der Waals surface area contributed by atoms with Crippen LogP contribution in [-0.2, 0) is 14.3 Å². The molecule has 0 aliphatic heterocycles. The molecule has 0 fully saturated rings. The van der Waals surface area contributed by atoms with Crippen LogP contribution in [0.2, 0.25) is 13.1 Å². The highest BCUT2D eigenvalue weighted by atomic mass is 16.5. The molecule has 0 aromatic heterocycles. The van der Waals surface area contributed by atoms with Gasteiger partial charge < -0.3 is 4.74 Å². The van der Waals surface area contributed by atoms with Crippen LogP contribution in [0, 0.1) is 0 Å². The van der Waals surface area contributed by atoms with Crippen molar-refractivity contribution in [1.82, 2.24) is 0 Å². The van der Waals surface area contributed by atoms with Crippen LogP contribution < -0.4 is 0 Å². The summed E-state index contributed by atoms with van der Waals surface area (Å²) in [7, 11) is 1.62. The van der Waals surface area contributed by atoms with Gasteiger partial charge >= 0.3 is 5.97 Å². The van der Waals surface area contributed by atoms with Gasteiger partial charge in [0.05, 0.1) is 6.61 Å². The zero-order valence-corrected chi connectivity index (χ0v) is 6.22. The number of carbonyl (C=O) groups excluding carboxylic acids is 2. The summed E-state index contributed by atoms with van der Waals surface area (Å²) >= 11 is 0. The lowest BCUT2D eigenvalue weighted by atomic mass is 9.76. The standard InChI is InChI=1S/C6H10BO3/c1-3-10-6(9)5(8)4-7-2/h3-4H2,1-2H3. The van der Waals surface area contributed by atoms with Gasteiger partial charge in [-0.3, -0.25) is 4.79 Å². The van der Waals surface area contributed by atoms with E-state index in [0.29, 0.717) is 0 Å². The number of rotatable bonds is 4. The highest BCUT2D eigenvalue weighted by Gasteiger charge is 2.12. The van der Waals surface area contributed by atoms with Crippen molar-refractivity contribution in [3.63, 3.8) is 0 Å². The summed E-state index contributed by atoms with van der Waals surface area (Å²) in [6.07, 6.45) is 0.166. The number of hydrogen-bond donors (Lipinski definition) is 0. The van der Waals surface area contributed by atoms with Gasteiger partial charge in [0.2, 0.25) is 5.78 Å². The van der Waals surface area contributed by atoms with E-state index in [9.17, 15) is 9.59 Å². The molecule has 0 saturated carbocycles. The van der Waals surface area contributed by atoms with Crippen LogP contribution in [0.5, 0.6) is 0 Å². The van der Waals surface area contributed by atoms with E-state index in [1.807, 2.05) is 0 Å². The lowest BCUT2D eigenvalue weighted by Crippen LogP contribution is -2.17. The maximum atomic E-state index is 10.6. The third-order valence-electron chi connectivity index (χ3n) is 0.893. The molecule has 1 radical (unpaired) electrons. The first-order valence-corrected chi connectivity index (χ1v) is 3.20. The summed E-state index contributed by atoms with van der Waals surface area (Å²) in [5.41, 5.74) is 0. The third-order valence-corrected chi connectivity index (χ3v) is 0.893. The minimum absolute atomic E-state index is 0.166. The molecule has 0 N–H and O–H groups in total. The molecular weight excluding hydrogens is 131 g/mol. The van der Waals surface area contributed by atoms with Crippen LogP contribution in [0.25, 0.3) is 0 Å². The van der Waals surface area contributed by atoms with Crippen molar-refractivity contribution in [2.75, 3.05) is 6.61 Å². The van der Waals surface area contributed by atoms with Crippen LogP contribution in [0.15, 0.2) is 0 Å². The second-order valence-electron chi connectivity index (χ2n) is 1.76. The van der Waals surface area contributed by atoms with Gasteiger partial charge in [0, 0.05) is 0 Å². The van der Waals surface area contributed by atoms with E-state index in [-0.39, 0.29) is 12.9 Å². The fraction of sp³-hybridized carbons (Fsp3) is 0.667. The highest BCUT2D eigenvalue weighted by molar-refractivity contribution is 6.50. The van der Waals surface area contributed by atoms with Crippen molar-refractivity contribution < 1.29 is 14.3 Å². The Morgan fingerprint density at radius 1 is 1.50 bits per heavy atom. The molecular formula is C6H10BO3. The molecule has 0 aliphatic carbocycles. The van der Waals surface area contributed by atoms with E-state index in [4.69, 9.17) is 0 Å². The maximum Gasteiger partial charge on any atom is 0.373 e. The molecule has 0 aromatic carbocycles. The van der Waals surface area contributed by atoms with Crippen LogP contribution in [0.4, 0.5) is 0 Å². The van der Waals surface area contributed by atoms with Gasteiger partial charge in [-0.15, -0.1) is 0 Å². The topological polar surface area (TPSA) is 43.4 Å². The number of Topliss-reactive ketones (excluding diaryl/α,β-unsaturated/α-hetero) is 1. The lowest BCUT2D eigenvalue weighted by molar-refractivity contribution is -0.152. The summed E-state index contributed by atoms with van der Waals surface area (Å²) in [6, 6.07) is 0. The van der Waals surface area contributed by atoms with E-state index < -0.39 is 11.8 Å². The SMILES string of the molecule is C[B]CC(=O)C(=O)OCC. The summed E-state index contributed by atoms with van der Waals surface area (Å²) in [4.78, 5) is 21.2. The summed E-state index contributed by atoms with van der Waals surface area (Å²) in [5.74, 6) is -1.22. The molecule has 0 aliphatic rings. The van der Waals surface area contributed by atoms with E-state index in [0.717, 1.165) is 0 Å². The predicted octanol–water partition coefficient (Wildman–Crippen LogP) is 0.289. The Hall–Kier alpha value is -0.795. The largest absolute Gasteiger partial charge is 0.460 e. The smallest absolute Gasteiger partial charge is 0.373 e. The van der Waals surface area contributed by atoms with Crippen molar-refractivity contribution in [1.29, 1.82) is 0 Å². The molecule has 10 heavy (non-hydrogen) atoms. The molecule has 3 nitrogen and oxygen atoms in total. The molecule has 0 aromatic rings. The van der Waals surface area contributed by atoms with Crippen molar-refractivity contribution in [2.45, 2.75) is 20.1 Å². The third kappa shape index (κ3) is 3.27. The van der Waals surface area contributed by atoms with E-state index >= 15 is 0 Å². The van der Waals surface area contributed by atoms with Crippen LogP contribution in [-0.4, -0.2) is 25.6 Å². The van der Waals surface area contributed by atoms with Crippen molar-refractivity contribution in [3.8, 4) is 0 Å². The average Bonchev–Trinajstić information content (AvgIpc) is 1.89. The van der Waals surface area contributed by atoms with Crippen molar-refractivity contribution in [2.24, 2.45) is 0 Å². The first-order chi connectivity index (χ1) is 4.72. The van der Waals surface area contributed by atoms with Crippen LogP contribution >= 0.6 is 0 Å². The second kappa shape index (κ2) is 5.03. The molecule has 0 heterocycles. The second-order valence-corrected chi connectivity index (χ2v) is 1.76. The Morgan fingerprint density at radius 2 is 2.10 bits per heavy atom. The Balaban J connectivity index is 3.60. The highest BCUT2D eigenvalue weighted by Crippen LogP contribution is 1.86. The molecule has 55 valence electrons. The molecule has 0 atom stereocenters. The minimum Gasteiger partial charge on any atom is -0.460 e. The van der Waals surface area contributed by atoms with E-state index in [1.165, 1.54) is 0 Å². The number of ether oxygens (including phenoxy) is 1. The fourth-order valence-corrected chi connectivity index (χ4v) is 0.480. The van der Waals surface area contributed by atoms with Gasteiger partial charge in [0.1, 0.15) is 7.28 Å². The van der Waals surface area contributed by atoms with Gasteiger partial charge in [-0.05, 0) is 13.2 Å². The molecule has 0 amide bonds. The van der Waals surface area contributed by atoms with Crippen molar-refractivity contribution >= 4 is 19.0 Å². The Bertz CT molecular complexity index is 117. The zero-order valence-electron chi connectivity index (χ0n) is 6.22. The zero-order chi connectivity index (χ0) is 7.98. The van der Waals surface area contributed by atoms with Crippen LogP contribution in [0.3, 0.4) is 0 Å². The summed E-state index contributed by atoms with van der Waals surface area (Å²) < 4.78 is 4.45. The molecule has 0 spiro atoms. The number of esters is 1. The van der Waals surface area contributed by atoms with Gasteiger partial charge in [-0.2, -0.15) is 0 Å². The maximum absolute atomic E-state index is 10.6. The molecule has 0 unspecified atom stereocenters. The Kier molecular flexibility index (Phi) is 4.63.